The van der Waals surface area contributed by atoms with Gasteiger partial charge >= 0.3 is 5.97 Å². The highest BCUT2D eigenvalue weighted by atomic mass is 16.4. The van der Waals surface area contributed by atoms with Crippen molar-refractivity contribution in [2.45, 2.75) is 25.4 Å². The van der Waals surface area contributed by atoms with Gasteiger partial charge in [-0.2, -0.15) is 0 Å². The monoisotopic (exact) mass is 252 g/mol. The van der Waals surface area contributed by atoms with Crippen molar-refractivity contribution in [3.63, 3.8) is 0 Å². The second-order valence-electron chi connectivity index (χ2n) is 4.47. The molecule has 1 aliphatic heterocycles. The molecule has 1 saturated heterocycles. The van der Waals surface area contributed by atoms with E-state index in [4.69, 9.17) is 10.8 Å². The van der Waals surface area contributed by atoms with Gasteiger partial charge in [-0.1, -0.05) is 0 Å². The summed E-state index contributed by atoms with van der Waals surface area (Å²) < 4.78 is 1.53. The first-order chi connectivity index (χ1) is 8.48. The molecule has 7 heteroatoms. The predicted octanol–water partition coefficient (Wildman–Crippen LogP) is -0.745. The Morgan fingerprint density at radius 1 is 1.67 bits per heavy atom. The summed E-state index contributed by atoms with van der Waals surface area (Å²) in [6.45, 7) is 2.95. The maximum absolute atomic E-state index is 12.0. The Labute approximate surface area is 104 Å². The van der Waals surface area contributed by atoms with Crippen LogP contribution in [0.3, 0.4) is 0 Å². The predicted molar refractivity (Wildman–Crippen MR) is 65.6 cm³/mol. The maximum atomic E-state index is 12.0. The molecule has 7 nitrogen and oxygen atoms in total. The highest BCUT2D eigenvalue weighted by Crippen LogP contribution is 2.21. The van der Waals surface area contributed by atoms with E-state index in [1.165, 1.54) is 10.8 Å². The smallest absolute Gasteiger partial charge is 0.325 e. The van der Waals surface area contributed by atoms with Crippen LogP contribution in [0.1, 0.15) is 13.3 Å². The first kappa shape index (κ1) is 12.6. The van der Waals surface area contributed by atoms with E-state index in [0.717, 1.165) is 0 Å². The molecule has 1 aromatic rings. The Bertz CT molecular complexity index is 527. The molecule has 18 heavy (non-hydrogen) atoms. The number of aromatic nitrogens is 2. The third kappa shape index (κ3) is 1.97. The molecule has 0 bridgehead atoms. The van der Waals surface area contributed by atoms with Crippen LogP contribution in [0.15, 0.2) is 17.2 Å². The van der Waals surface area contributed by atoms with Crippen LogP contribution in [-0.2, 0) is 11.3 Å². The lowest BCUT2D eigenvalue weighted by atomic mass is 10.0. The molecule has 2 heterocycles. The number of anilines is 1. The zero-order valence-corrected chi connectivity index (χ0v) is 10.2. The van der Waals surface area contributed by atoms with Gasteiger partial charge < -0.3 is 20.3 Å². The van der Waals surface area contributed by atoms with Gasteiger partial charge in [-0.05, 0) is 13.3 Å². The van der Waals surface area contributed by atoms with Gasteiger partial charge in [-0.15, -0.1) is 0 Å². The number of rotatable bonds is 3. The van der Waals surface area contributed by atoms with Crippen LogP contribution in [-0.4, -0.2) is 39.3 Å². The van der Waals surface area contributed by atoms with Crippen molar-refractivity contribution < 1.29 is 9.90 Å². The van der Waals surface area contributed by atoms with Crippen LogP contribution < -0.4 is 16.2 Å². The molecule has 0 amide bonds. The summed E-state index contributed by atoms with van der Waals surface area (Å²) in [6.07, 6.45) is 3.46. The van der Waals surface area contributed by atoms with Crippen LogP contribution in [0.2, 0.25) is 0 Å². The van der Waals surface area contributed by atoms with Crippen molar-refractivity contribution >= 4 is 11.8 Å². The molecule has 98 valence electrons. The summed E-state index contributed by atoms with van der Waals surface area (Å²) in [5, 5.41) is 9.05. The number of aryl methyl sites for hydroxylation is 1. The van der Waals surface area contributed by atoms with Crippen molar-refractivity contribution in [2.24, 2.45) is 5.73 Å². The lowest BCUT2D eigenvalue weighted by molar-refractivity contribution is -0.142. The van der Waals surface area contributed by atoms with Crippen LogP contribution in [0.5, 0.6) is 0 Å². The van der Waals surface area contributed by atoms with E-state index in [1.54, 1.807) is 11.1 Å². The van der Waals surface area contributed by atoms with E-state index in [9.17, 15) is 9.59 Å². The van der Waals surface area contributed by atoms with Crippen LogP contribution in [0.4, 0.5) is 5.82 Å². The van der Waals surface area contributed by atoms with Gasteiger partial charge in [0.1, 0.15) is 5.54 Å². The topological polar surface area (TPSA) is 101 Å². The minimum atomic E-state index is -1.29. The molecule has 0 aliphatic carbocycles. The minimum Gasteiger partial charge on any atom is -0.480 e. The van der Waals surface area contributed by atoms with Crippen LogP contribution in [0, 0.1) is 0 Å². The lowest BCUT2D eigenvalue weighted by Gasteiger charge is -2.20. The number of carboxylic acid groups (broad SMARTS) is 1. The molecule has 0 radical (unpaired) electrons. The van der Waals surface area contributed by atoms with E-state index in [2.05, 4.69) is 4.98 Å². The summed E-state index contributed by atoms with van der Waals surface area (Å²) in [6, 6.07) is 0. The fourth-order valence-corrected chi connectivity index (χ4v) is 2.09. The Morgan fingerprint density at radius 3 is 2.94 bits per heavy atom. The normalized spacial score (nSPS) is 23.3. The minimum absolute atomic E-state index is 0.109. The van der Waals surface area contributed by atoms with Gasteiger partial charge in [0.25, 0.3) is 5.56 Å². The van der Waals surface area contributed by atoms with Crippen molar-refractivity contribution in [3.8, 4) is 0 Å². The number of carbonyl (C=O) groups is 1. The molecule has 3 N–H and O–H groups in total. The Morgan fingerprint density at radius 2 is 2.39 bits per heavy atom. The quantitative estimate of drug-likeness (QED) is 0.734. The highest BCUT2D eigenvalue weighted by Gasteiger charge is 2.42. The van der Waals surface area contributed by atoms with Crippen molar-refractivity contribution in [2.75, 3.05) is 18.0 Å². The zero-order chi connectivity index (χ0) is 13.3. The molecule has 1 atom stereocenters. The third-order valence-corrected chi connectivity index (χ3v) is 3.26. The van der Waals surface area contributed by atoms with Gasteiger partial charge in [0.05, 0.1) is 0 Å². The first-order valence-corrected chi connectivity index (χ1v) is 5.80. The van der Waals surface area contributed by atoms with Crippen molar-refractivity contribution in [1.82, 2.24) is 9.55 Å². The van der Waals surface area contributed by atoms with Crippen molar-refractivity contribution in [1.29, 1.82) is 0 Å². The van der Waals surface area contributed by atoms with Gasteiger partial charge in [0.15, 0.2) is 5.82 Å². The molecule has 0 saturated carbocycles. The standard InChI is InChI=1S/C11H16N4O3/c1-2-14-6-4-13-8(9(14)16)15-5-3-11(12,7-15)10(17)18/h4,6H,2-3,5,7,12H2,1H3,(H,17,18). The van der Waals surface area contributed by atoms with Gasteiger partial charge in [0.2, 0.25) is 0 Å². The maximum Gasteiger partial charge on any atom is 0.325 e. The number of hydrogen-bond donors (Lipinski definition) is 2. The highest BCUT2D eigenvalue weighted by molar-refractivity contribution is 5.80. The average molecular weight is 252 g/mol. The number of aliphatic carboxylic acids is 1. The van der Waals surface area contributed by atoms with Crippen LogP contribution in [0.25, 0.3) is 0 Å². The second-order valence-corrected chi connectivity index (χ2v) is 4.47. The molecule has 0 spiro atoms. The second kappa shape index (κ2) is 4.41. The van der Waals surface area contributed by atoms with E-state index >= 15 is 0 Å². The van der Waals surface area contributed by atoms with Crippen LogP contribution >= 0.6 is 0 Å². The molecule has 1 aromatic heterocycles. The number of nitrogens with zero attached hydrogens (tertiary/aromatic N) is 3. The number of nitrogens with two attached hydrogens (primary N) is 1. The molecule has 1 fully saturated rings. The fourth-order valence-electron chi connectivity index (χ4n) is 2.09. The summed E-state index contributed by atoms with van der Waals surface area (Å²) in [4.78, 5) is 28.8. The summed E-state index contributed by atoms with van der Waals surface area (Å²) in [5.41, 5.74) is 4.27. The molecule has 1 unspecified atom stereocenters. The summed E-state index contributed by atoms with van der Waals surface area (Å²) in [5.74, 6) is -0.773. The largest absolute Gasteiger partial charge is 0.480 e. The Kier molecular flexibility index (Phi) is 3.08. The number of carboxylic acids is 1. The third-order valence-electron chi connectivity index (χ3n) is 3.26. The zero-order valence-electron chi connectivity index (χ0n) is 10.2. The Balaban J connectivity index is 2.30. The molecule has 2 rings (SSSR count). The van der Waals surface area contributed by atoms with Gasteiger partial charge in [-0.25, -0.2) is 4.98 Å². The van der Waals surface area contributed by atoms with Crippen molar-refractivity contribution in [3.05, 3.63) is 22.7 Å². The fraction of sp³-hybridized carbons (Fsp3) is 0.545. The van der Waals surface area contributed by atoms with E-state index in [1.807, 2.05) is 6.92 Å². The molecule has 1 aliphatic rings. The summed E-state index contributed by atoms with van der Waals surface area (Å²) in [7, 11) is 0. The molecular weight excluding hydrogens is 236 g/mol. The van der Waals surface area contributed by atoms with E-state index in [-0.39, 0.29) is 17.9 Å². The lowest BCUT2D eigenvalue weighted by Crippen LogP contribution is -2.50. The summed E-state index contributed by atoms with van der Waals surface area (Å²) >= 11 is 0. The number of hydrogen-bond acceptors (Lipinski definition) is 5. The average Bonchev–Trinajstić information content (AvgIpc) is 2.73. The van der Waals surface area contributed by atoms with Gasteiger partial charge in [-0.3, -0.25) is 9.59 Å². The van der Waals surface area contributed by atoms with E-state index in [0.29, 0.717) is 19.5 Å². The molecule has 0 aromatic carbocycles. The van der Waals surface area contributed by atoms with Gasteiger partial charge in [0, 0.05) is 32.0 Å². The Hall–Kier alpha value is -1.89. The van der Waals surface area contributed by atoms with E-state index < -0.39 is 11.5 Å². The SMILES string of the molecule is CCn1ccnc(N2CCC(N)(C(=O)O)C2)c1=O. The first-order valence-electron chi connectivity index (χ1n) is 5.80. The molecular formula is C11H16N4O3.